The molecule has 2 aromatic rings. The fourth-order valence-corrected chi connectivity index (χ4v) is 1.73. The van der Waals surface area contributed by atoms with Crippen LogP contribution >= 0.6 is 0 Å². The number of benzene rings is 2. The maximum atomic E-state index is 13.3. The van der Waals surface area contributed by atoms with Crippen molar-refractivity contribution in [1.82, 2.24) is 0 Å². The zero-order chi connectivity index (χ0) is 13.0. The second-order valence-corrected chi connectivity index (χ2v) is 3.69. The Morgan fingerprint density at radius 1 is 1.17 bits per heavy atom. The van der Waals surface area contributed by atoms with Gasteiger partial charge in [-0.2, -0.15) is 0 Å². The molecule has 0 saturated carbocycles. The summed E-state index contributed by atoms with van der Waals surface area (Å²) >= 11 is 0. The molecule has 18 heavy (non-hydrogen) atoms. The van der Waals surface area contributed by atoms with E-state index in [2.05, 4.69) is 16.6 Å². The van der Waals surface area contributed by atoms with Gasteiger partial charge in [0.1, 0.15) is 5.82 Å². The molecule has 0 bridgehead atoms. The van der Waals surface area contributed by atoms with E-state index in [0.29, 0.717) is 5.56 Å². The zero-order valence-corrected chi connectivity index (χ0v) is 9.55. The molecule has 88 valence electrons. The van der Waals surface area contributed by atoms with Crippen LogP contribution in [0.1, 0.15) is 5.56 Å². The van der Waals surface area contributed by atoms with Gasteiger partial charge in [0, 0.05) is 10.6 Å². The first-order valence-corrected chi connectivity index (χ1v) is 5.31. The number of halogens is 1. The summed E-state index contributed by atoms with van der Waals surface area (Å²) in [6, 6.07) is 13.8. The highest BCUT2D eigenvalue weighted by atomic mass is 19.1. The van der Waals surface area contributed by atoms with Crippen LogP contribution in [0.5, 0.6) is 0 Å². The molecule has 0 unspecified atom stereocenters. The van der Waals surface area contributed by atoms with Crippen molar-refractivity contribution in [3.63, 3.8) is 0 Å². The first-order chi connectivity index (χ1) is 8.72. The number of hydrogen-bond donors (Lipinski definition) is 0. The highest BCUT2D eigenvalue weighted by Crippen LogP contribution is 2.29. The number of hydrogen-bond acceptors (Lipinski definition) is 1. The molecule has 0 radical (unpaired) electrons. The molecule has 0 heterocycles. The Labute approximate surface area is 104 Å². The molecular formula is C14H10FN3. The van der Waals surface area contributed by atoms with E-state index in [4.69, 9.17) is 5.53 Å². The van der Waals surface area contributed by atoms with Crippen molar-refractivity contribution in [3.8, 4) is 11.1 Å². The van der Waals surface area contributed by atoms with Crippen molar-refractivity contribution in [2.45, 2.75) is 0 Å². The first-order valence-electron chi connectivity index (χ1n) is 5.31. The lowest BCUT2D eigenvalue weighted by Gasteiger charge is -2.09. The van der Waals surface area contributed by atoms with E-state index in [1.165, 1.54) is 12.1 Å². The molecule has 3 nitrogen and oxygen atoms in total. The average Bonchev–Trinajstić information content (AvgIpc) is 2.40. The number of azide groups is 1. The largest absolute Gasteiger partial charge is 0.207 e. The fourth-order valence-electron chi connectivity index (χ4n) is 1.73. The third kappa shape index (κ3) is 2.39. The lowest BCUT2D eigenvalue weighted by Crippen LogP contribution is -1.88. The standard InChI is InChI=1S/C14H10FN3/c1-10(17-18-16)14-9-12(15)7-8-13(14)11-5-3-2-4-6-11/h2-9H,1H2. The molecule has 0 spiro atoms. The van der Waals surface area contributed by atoms with E-state index < -0.39 is 0 Å². The van der Waals surface area contributed by atoms with Gasteiger partial charge in [-0.1, -0.05) is 48.1 Å². The summed E-state index contributed by atoms with van der Waals surface area (Å²) in [5.74, 6) is -0.390. The molecule has 0 saturated heterocycles. The fraction of sp³-hybridized carbons (Fsp3) is 0. The minimum atomic E-state index is -0.390. The average molecular weight is 239 g/mol. The first kappa shape index (κ1) is 11.9. The van der Waals surface area contributed by atoms with Gasteiger partial charge in [-0.05, 0) is 34.4 Å². The van der Waals surface area contributed by atoms with Crippen LogP contribution in [-0.2, 0) is 0 Å². The van der Waals surface area contributed by atoms with Crippen LogP contribution < -0.4 is 0 Å². The summed E-state index contributed by atoms with van der Waals surface area (Å²) in [4.78, 5) is 2.68. The van der Waals surface area contributed by atoms with Crippen molar-refractivity contribution < 1.29 is 4.39 Å². The maximum Gasteiger partial charge on any atom is 0.123 e. The molecular weight excluding hydrogens is 229 g/mol. The van der Waals surface area contributed by atoms with Crippen LogP contribution in [0, 0.1) is 5.82 Å². The lowest BCUT2D eigenvalue weighted by atomic mass is 9.98. The second-order valence-electron chi connectivity index (χ2n) is 3.69. The van der Waals surface area contributed by atoms with E-state index in [1.54, 1.807) is 6.07 Å². The molecule has 0 N–H and O–H groups in total. The lowest BCUT2D eigenvalue weighted by molar-refractivity contribution is 0.627. The van der Waals surface area contributed by atoms with Gasteiger partial charge >= 0.3 is 0 Å². The summed E-state index contributed by atoms with van der Waals surface area (Å²) in [5, 5.41) is 3.44. The van der Waals surface area contributed by atoms with E-state index in [-0.39, 0.29) is 11.5 Å². The van der Waals surface area contributed by atoms with E-state index in [9.17, 15) is 4.39 Å². The van der Waals surface area contributed by atoms with E-state index in [1.807, 2.05) is 30.3 Å². The SMILES string of the molecule is C=C(N=[N+]=[N-])c1cc(F)ccc1-c1ccccc1. The van der Waals surface area contributed by atoms with Crippen molar-refractivity contribution in [2.24, 2.45) is 5.11 Å². The minimum Gasteiger partial charge on any atom is -0.207 e. The van der Waals surface area contributed by atoms with Crippen LogP contribution in [0.3, 0.4) is 0 Å². The smallest absolute Gasteiger partial charge is 0.123 e. The monoisotopic (exact) mass is 239 g/mol. The van der Waals surface area contributed by atoms with Gasteiger partial charge < -0.3 is 0 Å². The summed E-state index contributed by atoms with van der Waals surface area (Å²) < 4.78 is 13.3. The number of nitrogens with zero attached hydrogens (tertiary/aromatic N) is 3. The summed E-state index contributed by atoms with van der Waals surface area (Å²) in [5.41, 5.74) is 10.8. The third-order valence-electron chi connectivity index (χ3n) is 2.54. The molecule has 0 aliphatic heterocycles. The van der Waals surface area contributed by atoms with Gasteiger partial charge in [0.15, 0.2) is 0 Å². The van der Waals surface area contributed by atoms with E-state index in [0.717, 1.165) is 11.1 Å². The Balaban J connectivity index is 2.61. The highest BCUT2D eigenvalue weighted by Gasteiger charge is 2.08. The van der Waals surface area contributed by atoms with Crippen LogP contribution in [0.15, 0.2) is 60.2 Å². The molecule has 0 aromatic heterocycles. The minimum absolute atomic E-state index is 0.204. The molecule has 2 aromatic carbocycles. The van der Waals surface area contributed by atoms with Crippen LogP contribution in [0.25, 0.3) is 27.3 Å². The van der Waals surface area contributed by atoms with Gasteiger partial charge in [-0.25, -0.2) is 4.39 Å². The Morgan fingerprint density at radius 3 is 2.56 bits per heavy atom. The Kier molecular flexibility index (Phi) is 3.41. The molecule has 0 fully saturated rings. The van der Waals surface area contributed by atoms with Gasteiger partial charge in [-0.3, -0.25) is 0 Å². The summed E-state index contributed by atoms with van der Waals surface area (Å²) in [6.45, 7) is 3.65. The predicted molar refractivity (Wildman–Crippen MR) is 70.0 cm³/mol. The van der Waals surface area contributed by atoms with Crippen LogP contribution in [0.2, 0.25) is 0 Å². The van der Waals surface area contributed by atoms with Gasteiger partial charge in [0.25, 0.3) is 0 Å². The Hall–Kier alpha value is -2.58. The summed E-state index contributed by atoms with van der Waals surface area (Å²) in [7, 11) is 0. The second kappa shape index (κ2) is 5.17. The Morgan fingerprint density at radius 2 is 1.89 bits per heavy atom. The van der Waals surface area contributed by atoms with Crippen molar-refractivity contribution in [3.05, 3.63) is 76.9 Å². The predicted octanol–water partition coefficient (Wildman–Crippen LogP) is 4.77. The van der Waals surface area contributed by atoms with Gasteiger partial charge in [0.2, 0.25) is 0 Å². The molecule has 2 rings (SSSR count). The molecule has 0 aliphatic carbocycles. The maximum absolute atomic E-state index is 13.3. The zero-order valence-electron chi connectivity index (χ0n) is 9.55. The quantitative estimate of drug-likeness (QED) is 0.420. The third-order valence-corrected chi connectivity index (χ3v) is 2.54. The van der Waals surface area contributed by atoms with Crippen molar-refractivity contribution >= 4 is 5.70 Å². The van der Waals surface area contributed by atoms with Crippen LogP contribution in [0.4, 0.5) is 4.39 Å². The number of rotatable bonds is 3. The van der Waals surface area contributed by atoms with Crippen molar-refractivity contribution in [2.75, 3.05) is 0 Å². The molecule has 4 heteroatoms. The molecule has 0 atom stereocenters. The molecule has 0 amide bonds. The van der Waals surface area contributed by atoms with Crippen LogP contribution in [-0.4, -0.2) is 0 Å². The van der Waals surface area contributed by atoms with E-state index >= 15 is 0 Å². The van der Waals surface area contributed by atoms with Gasteiger partial charge in [0.05, 0.1) is 0 Å². The Bertz CT molecular complexity index is 629. The highest BCUT2D eigenvalue weighted by molar-refractivity contribution is 5.80. The molecule has 0 aliphatic rings. The summed E-state index contributed by atoms with van der Waals surface area (Å²) in [6.07, 6.45) is 0. The van der Waals surface area contributed by atoms with Crippen molar-refractivity contribution in [1.29, 1.82) is 0 Å². The normalized spacial score (nSPS) is 9.61. The topological polar surface area (TPSA) is 48.8 Å². The van der Waals surface area contributed by atoms with Gasteiger partial charge in [-0.15, -0.1) is 0 Å².